The Morgan fingerprint density at radius 2 is 2.18 bits per heavy atom. The number of aromatic nitrogens is 1. The summed E-state index contributed by atoms with van der Waals surface area (Å²) in [7, 11) is 0. The van der Waals surface area contributed by atoms with Crippen molar-refractivity contribution in [3.05, 3.63) is 29.8 Å². The number of rotatable bonds is 2. The van der Waals surface area contributed by atoms with Gasteiger partial charge in [0.2, 0.25) is 0 Å². The van der Waals surface area contributed by atoms with E-state index in [1.54, 1.807) is 0 Å². The van der Waals surface area contributed by atoms with Gasteiger partial charge in [-0.3, -0.25) is 4.79 Å². The molecule has 0 aromatic carbocycles. The molecule has 1 aromatic rings. The molecule has 92 valence electrons. The van der Waals surface area contributed by atoms with E-state index in [0.717, 1.165) is 25.5 Å². The first kappa shape index (κ1) is 12.0. The molecule has 1 fully saturated rings. The van der Waals surface area contributed by atoms with Crippen LogP contribution in [0.15, 0.2) is 18.3 Å². The maximum atomic E-state index is 12.6. The summed E-state index contributed by atoms with van der Waals surface area (Å²) < 4.78 is 12.6. The number of nitrogens with one attached hydrogen (secondary N) is 1. The zero-order valence-corrected chi connectivity index (χ0v) is 9.40. The quantitative estimate of drug-likeness (QED) is 0.815. The first-order valence-electron chi connectivity index (χ1n) is 5.77. The van der Waals surface area contributed by atoms with Crippen LogP contribution in [-0.2, 0) is 0 Å². The van der Waals surface area contributed by atoms with Crippen LogP contribution in [0, 0.1) is 5.82 Å². The van der Waals surface area contributed by atoms with Gasteiger partial charge in [-0.15, -0.1) is 0 Å². The van der Waals surface area contributed by atoms with Crippen molar-refractivity contribution >= 4 is 5.91 Å². The van der Waals surface area contributed by atoms with Gasteiger partial charge in [-0.05, 0) is 25.0 Å². The Bertz CT molecular complexity index is 394. The molecule has 5 heteroatoms. The van der Waals surface area contributed by atoms with Crippen molar-refractivity contribution in [3.8, 4) is 0 Å². The highest BCUT2D eigenvalue weighted by atomic mass is 19.1. The maximum Gasteiger partial charge on any atom is 0.270 e. The maximum absolute atomic E-state index is 12.6. The number of aliphatic hydroxyl groups is 1. The van der Waals surface area contributed by atoms with Crippen LogP contribution in [0.2, 0.25) is 0 Å². The number of hydrogen-bond acceptors (Lipinski definition) is 3. The van der Waals surface area contributed by atoms with Gasteiger partial charge in [-0.2, -0.15) is 0 Å². The lowest BCUT2D eigenvalue weighted by atomic mass is 9.92. The van der Waals surface area contributed by atoms with Crippen LogP contribution in [-0.4, -0.2) is 28.1 Å². The minimum absolute atomic E-state index is 0.171. The summed E-state index contributed by atoms with van der Waals surface area (Å²) in [4.78, 5) is 15.5. The number of pyridine rings is 1. The van der Waals surface area contributed by atoms with E-state index in [1.165, 1.54) is 12.1 Å². The molecule has 1 saturated carbocycles. The summed E-state index contributed by atoms with van der Waals surface area (Å²) in [5, 5.41) is 12.4. The average molecular weight is 238 g/mol. The van der Waals surface area contributed by atoms with Crippen LogP contribution in [0.3, 0.4) is 0 Å². The van der Waals surface area contributed by atoms with Gasteiger partial charge < -0.3 is 10.4 Å². The Morgan fingerprint density at radius 3 is 2.82 bits per heavy atom. The third-order valence-corrected chi connectivity index (χ3v) is 3.01. The van der Waals surface area contributed by atoms with Gasteiger partial charge in [0.05, 0.1) is 18.3 Å². The summed E-state index contributed by atoms with van der Waals surface area (Å²) in [5.41, 5.74) is 0.171. The van der Waals surface area contributed by atoms with Gasteiger partial charge in [-0.25, -0.2) is 9.37 Å². The van der Waals surface area contributed by atoms with Gasteiger partial charge in [0.25, 0.3) is 5.91 Å². The van der Waals surface area contributed by atoms with Crippen molar-refractivity contribution in [1.82, 2.24) is 10.3 Å². The van der Waals surface area contributed by atoms with Crippen LogP contribution < -0.4 is 5.32 Å². The molecule has 0 spiro atoms. The minimum atomic E-state index is -0.492. The second kappa shape index (κ2) is 5.23. The molecule has 0 unspecified atom stereocenters. The number of carbonyl (C=O) groups is 1. The van der Waals surface area contributed by atoms with E-state index in [0.29, 0.717) is 6.42 Å². The molecule has 1 heterocycles. The fourth-order valence-electron chi connectivity index (χ4n) is 2.03. The van der Waals surface area contributed by atoms with Crippen molar-refractivity contribution in [2.24, 2.45) is 0 Å². The van der Waals surface area contributed by atoms with Gasteiger partial charge in [0.1, 0.15) is 11.5 Å². The van der Waals surface area contributed by atoms with E-state index >= 15 is 0 Å². The highest BCUT2D eigenvalue weighted by molar-refractivity contribution is 5.92. The van der Waals surface area contributed by atoms with Crippen LogP contribution in [0.1, 0.15) is 36.2 Å². The normalized spacial score (nSPS) is 24.4. The van der Waals surface area contributed by atoms with Crippen molar-refractivity contribution in [2.45, 2.75) is 37.8 Å². The Kier molecular flexibility index (Phi) is 3.68. The SMILES string of the molecule is O=C(N[C@@H]1CCCC[C@H]1O)c1ccc(F)cn1. The molecule has 4 nitrogen and oxygen atoms in total. The van der Waals surface area contributed by atoms with Crippen molar-refractivity contribution in [2.75, 3.05) is 0 Å². The molecule has 1 amide bonds. The van der Waals surface area contributed by atoms with E-state index in [4.69, 9.17) is 0 Å². The number of halogens is 1. The molecule has 0 bridgehead atoms. The van der Waals surface area contributed by atoms with Crippen LogP contribution in [0.4, 0.5) is 4.39 Å². The van der Waals surface area contributed by atoms with Crippen LogP contribution in [0.5, 0.6) is 0 Å². The van der Waals surface area contributed by atoms with E-state index in [2.05, 4.69) is 10.3 Å². The zero-order chi connectivity index (χ0) is 12.3. The second-order valence-corrected chi connectivity index (χ2v) is 4.29. The monoisotopic (exact) mass is 238 g/mol. The van der Waals surface area contributed by atoms with E-state index < -0.39 is 11.9 Å². The Balaban J connectivity index is 1.98. The molecule has 17 heavy (non-hydrogen) atoms. The van der Waals surface area contributed by atoms with E-state index in [1.807, 2.05) is 0 Å². The Labute approximate surface area is 98.9 Å². The predicted molar refractivity (Wildman–Crippen MR) is 59.9 cm³/mol. The van der Waals surface area contributed by atoms with Crippen LogP contribution >= 0.6 is 0 Å². The van der Waals surface area contributed by atoms with Gasteiger partial charge in [0, 0.05) is 0 Å². The van der Waals surface area contributed by atoms with Crippen molar-refractivity contribution in [1.29, 1.82) is 0 Å². The fraction of sp³-hybridized carbons (Fsp3) is 0.500. The number of aliphatic hydroxyl groups excluding tert-OH is 1. The molecule has 1 aliphatic carbocycles. The van der Waals surface area contributed by atoms with E-state index in [9.17, 15) is 14.3 Å². The molecular formula is C12H15FN2O2. The largest absolute Gasteiger partial charge is 0.391 e. The third kappa shape index (κ3) is 3.00. The summed E-state index contributed by atoms with van der Waals surface area (Å²) >= 11 is 0. The number of nitrogens with zero attached hydrogens (tertiary/aromatic N) is 1. The topological polar surface area (TPSA) is 62.2 Å². The minimum Gasteiger partial charge on any atom is -0.391 e. The predicted octanol–water partition coefficient (Wildman–Crippen LogP) is 1.25. The molecule has 2 atom stereocenters. The van der Waals surface area contributed by atoms with Gasteiger partial charge >= 0.3 is 0 Å². The second-order valence-electron chi connectivity index (χ2n) is 4.29. The number of carbonyl (C=O) groups excluding carboxylic acids is 1. The zero-order valence-electron chi connectivity index (χ0n) is 9.40. The Morgan fingerprint density at radius 1 is 1.41 bits per heavy atom. The molecule has 0 aliphatic heterocycles. The molecule has 2 rings (SSSR count). The summed E-state index contributed by atoms with van der Waals surface area (Å²) in [6, 6.07) is 2.31. The molecule has 0 saturated heterocycles. The highest BCUT2D eigenvalue weighted by Crippen LogP contribution is 2.18. The smallest absolute Gasteiger partial charge is 0.270 e. The first-order chi connectivity index (χ1) is 8.16. The van der Waals surface area contributed by atoms with Crippen molar-refractivity contribution < 1.29 is 14.3 Å². The van der Waals surface area contributed by atoms with Crippen LogP contribution in [0.25, 0.3) is 0 Å². The summed E-state index contributed by atoms with van der Waals surface area (Å²) in [6.45, 7) is 0. The lowest BCUT2D eigenvalue weighted by Crippen LogP contribution is -2.45. The van der Waals surface area contributed by atoms with Gasteiger partial charge in [0.15, 0.2) is 0 Å². The lowest BCUT2D eigenvalue weighted by molar-refractivity contribution is 0.0713. The molecule has 1 aromatic heterocycles. The van der Waals surface area contributed by atoms with Crippen molar-refractivity contribution in [3.63, 3.8) is 0 Å². The number of amides is 1. The summed E-state index contributed by atoms with van der Waals surface area (Å²) in [6.07, 6.45) is 3.98. The molecule has 2 N–H and O–H groups in total. The molecule has 1 aliphatic rings. The standard InChI is InChI=1S/C12H15FN2O2/c13-8-5-6-10(14-7-8)12(17)15-9-3-1-2-4-11(9)16/h5-7,9,11,16H,1-4H2,(H,15,17)/t9-,11-/m1/s1. The molecule has 0 radical (unpaired) electrons. The highest BCUT2D eigenvalue weighted by Gasteiger charge is 2.25. The van der Waals surface area contributed by atoms with E-state index in [-0.39, 0.29) is 17.6 Å². The fourth-order valence-corrected chi connectivity index (χ4v) is 2.03. The van der Waals surface area contributed by atoms with Gasteiger partial charge in [-0.1, -0.05) is 12.8 Å². The molecular weight excluding hydrogens is 223 g/mol. The Hall–Kier alpha value is -1.49. The number of hydrogen-bond donors (Lipinski definition) is 2. The average Bonchev–Trinajstić information content (AvgIpc) is 2.33. The lowest BCUT2D eigenvalue weighted by Gasteiger charge is -2.28. The first-order valence-corrected chi connectivity index (χ1v) is 5.77. The third-order valence-electron chi connectivity index (χ3n) is 3.01. The summed E-state index contributed by atoms with van der Waals surface area (Å²) in [5.74, 6) is -0.838.